The van der Waals surface area contributed by atoms with Crippen molar-refractivity contribution in [3.05, 3.63) is 40.6 Å². The summed E-state index contributed by atoms with van der Waals surface area (Å²) in [7, 11) is 1.96. The van der Waals surface area contributed by atoms with Crippen LogP contribution in [-0.4, -0.2) is 37.8 Å². The lowest BCUT2D eigenvalue weighted by molar-refractivity contribution is -0.385. The molecule has 8 nitrogen and oxygen atoms in total. The Morgan fingerprint density at radius 2 is 2.10 bits per heavy atom. The Labute approximate surface area is 121 Å². The van der Waals surface area contributed by atoms with E-state index in [0.29, 0.717) is 5.92 Å². The van der Waals surface area contributed by atoms with Crippen LogP contribution < -0.4 is 4.90 Å². The summed E-state index contributed by atoms with van der Waals surface area (Å²) in [4.78, 5) is 16.5. The van der Waals surface area contributed by atoms with Gasteiger partial charge in [-0.05, 0) is 18.9 Å². The van der Waals surface area contributed by atoms with Gasteiger partial charge >= 0.3 is 0 Å². The molecule has 0 radical (unpaired) electrons. The summed E-state index contributed by atoms with van der Waals surface area (Å²) in [6.45, 7) is 1.73. The zero-order chi connectivity index (χ0) is 14.8. The van der Waals surface area contributed by atoms with E-state index in [0.717, 1.165) is 37.6 Å². The first-order valence-corrected chi connectivity index (χ1v) is 6.84. The highest BCUT2D eigenvalue weighted by atomic mass is 16.6. The molecule has 0 aromatic carbocycles. The number of rotatable bonds is 3. The number of nitro groups is 1. The normalized spacial score (nSPS) is 16.1. The molecule has 3 heterocycles. The summed E-state index contributed by atoms with van der Waals surface area (Å²) in [5.74, 6) is 2.22. The Balaban J connectivity index is 1.65. The van der Waals surface area contributed by atoms with E-state index in [9.17, 15) is 10.1 Å². The number of piperidine rings is 1. The molecule has 0 atom stereocenters. The first kappa shape index (κ1) is 13.5. The standard InChI is InChI=1S/C13H16N6O2/c1-17-9-15-16-13(17)10-4-6-18(7-5-10)12-3-2-11(8-14-12)19(20)21/h2-3,8-10H,4-7H2,1H3. The van der Waals surface area contributed by atoms with Gasteiger partial charge < -0.3 is 9.47 Å². The monoisotopic (exact) mass is 288 g/mol. The predicted octanol–water partition coefficient (Wildman–Crippen LogP) is 1.50. The lowest BCUT2D eigenvalue weighted by Gasteiger charge is -2.32. The van der Waals surface area contributed by atoms with Crippen LogP contribution in [0.25, 0.3) is 0 Å². The van der Waals surface area contributed by atoms with Gasteiger partial charge in [0.2, 0.25) is 0 Å². The van der Waals surface area contributed by atoms with E-state index in [2.05, 4.69) is 20.1 Å². The number of anilines is 1. The highest BCUT2D eigenvalue weighted by Crippen LogP contribution is 2.28. The molecular formula is C13H16N6O2. The average molecular weight is 288 g/mol. The van der Waals surface area contributed by atoms with Crippen molar-refractivity contribution in [1.82, 2.24) is 19.7 Å². The van der Waals surface area contributed by atoms with Gasteiger partial charge in [-0.2, -0.15) is 0 Å². The molecule has 1 fully saturated rings. The molecule has 0 bridgehead atoms. The zero-order valence-electron chi connectivity index (χ0n) is 11.7. The van der Waals surface area contributed by atoms with Gasteiger partial charge in [-0.3, -0.25) is 10.1 Å². The van der Waals surface area contributed by atoms with Crippen molar-refractivity contribution in [2.24, 2.45) is 7.05 Å². The lowest BCUT2D eigenvalue weighted by atomic mass is 9.96. The summed E-state index contributed by atoms with van der Waals surface area (Å²) in [6, 6.07) is 3.21. The van der Waals surface area contributed by atoms with Gasteiger partial charge in [0, 0.05) is 32.1 Å². The Bertz CT molecular complexity index is 630. The summed E-state index contributed by atoms with van der Waals surface area (Å²) in [5, 5.41) is 18.7. The van der Waals surface area contributed by atoms with Crippen LogP contribution in [0.1, 0.15) is 24.6 Å². The van der Waals surface area contributed by atoms with Crippen molar-refractivity contribution in [2.75, 3.05) is 18.0 Å². The molecule has 2 aromatic heterocycles. The van der Waals surface area contributed by atoms with E-state index in [1.54, 1.807) is 12.4 Å². The highest BCUT2D eigenvalue weighted by molar-refractivity contribution is 5.43. The van der Waals surface area contributed by atoms with Gasteiger partial charge in [-0.15, -0.1) is 10.2 Å². The summed E-state index contributed by atoms with van der Waals surface area (Å²) >= 11 is 0. The minimum atomic E-state index is -0.433. The Hall–Kier alpha value is -2.51. The third kappa shape index (κ3) is 2.69. The van der Waals surface area contributed by atoms with Crippen molar-refractivity contribution in [1.29, 1.82) is 0 Å². The van der Waals surface area contributed by atoms with Gasteiger partial charge in [0.25, 0.3) is 5.69 Å². The van der Waals surface area contributed by atoms with E-state index < -0.39 is 4.92 Å². The average Bonchev–Trinajstić information content (AvgIpc) is 2.94. The number of hydrogen-bond acceptors (Lipinski definition) is 6. The molecule has 0 amide bonds. The number of nitrogens with zero attached hydrogens (tertiary/aromatic N) is 6. The maximum atomic E-state index is 10.6. The van der Waals surface area contributed by atoms with Crippen LogP contribution in [0, 0.1) is 10.1 Å². The third-order valence-electron chi connectivity index (χ3n) is 3.87. The van der Waals surface area contributed by atoms with Crippen molar-refractivity contribution in [3.63, 3.8) is 0 Å². The maximum absolute atomic E-state index is 10.6. The molecule has 3 rings (SSSR count). The molecule has 0 unspecified atom stereocenters. The second-order valence-electron chi connectivity index (χ2n) is 5.19. The van der Waals surface area contributed by atoms with Gasteiger partial charge in [0.1, 0.15) is 24.2 Å². The SMILES string of the molecule is Cn1cnnc1C1CCN(c2ccc([N+](=O)[O-])cn2)CC1. The molecule has 1 aliphatic rings. The van der Waals surface area contributed by atoms with Crippen LogP contribution in [0.2, 0.25) is 0 Å². The molecule has 0 aliphatic carbocycles. The number of pyridine rings is 1. The molecule has 1 aliphatic heterocycles. The summed E-state index contributed by atoms with van der Waals surface area (Å²) < 4.78 is 1.96. The Kier molecular flexibility index (Phi) is 3.51. The minimum absolute atomic E-state index is 0.0210. The summed E-state index contributed by atoms with van der Waals surface area (Å²) in [5.41, 5.74) is 0.0210. The topological polar surface area (TPSA) is 90.0 Å². The van der Waals surface area contributed by atoms with Crippen LogP contribution in [0.15, 0.2) is 24.7 Å². The van der Waals surface area contributed by atoms with Gasteiger partial charge in [0.15, 0.2) is 0 Å². The predicted molar refractivity (Wildman–Crippen MR) is 76.1 cm³/mol. The fraction of sp³-hybridized carbons (Fsp3) is 0.462. The van der Waals surface area contributed by atoms with Crippen molar-refractivity contribution >= 4 is 11.5 Å². The van der Waals surface area contributed by atoms with E-state index in [-0.39, 0.29) is 5.69 Å². The van der Waals surface area contributed by atoms with E-state index in [1.807, 2.05) is 11.6 Å². The summed E-state index contributed by atoms with van der Waals surface area (Å²) in [6.07, 6.45) is 4.99. The second-order valence-corrected chi connectivity index (χ2v) is 5.19. The van der Waals surface area contributed by atoms with Crippen molar-refractivity contribution < 1.29 is 4.92 Å². The zero-order valence-corrected chi connectivity index (χ0v) is 11.7. The molecule has 2 aromatic rings. The van der Waals surface area contributed by atoms with Gasteiger partial charge in [0.05, 0.1) is 4.92 Å². The Morgan fingerprint density at radius 1 is 1.33 bits per heavy atom. The number of hydrogen-bond donors (Lipinski definition) is 0. The number of aryl methyl sites for hydroxylation is 1. The van der Waals surface area contributed by atoms with Crippen molar-refractivity contribution in [3.8, 4) is 0 Å². The molecule has 0 N–H and O–H groups in total. The van der Waals surface area contributed by atoms with Gasteiger partial charge in [-0.1, -0.05) is 0 Å². The van der Waals surface area contributed by atoms with E-state index in [1.165, 1.54) is 12.3 Å². The molecule has 1 saturated heterocycles. The van der Waals surface area contributed by atoms with Crippen LogP contribution in [0.5, 0.6) is 0 Å². The van der Waals surface area contributed by atoms with Crippen LogP contribution in [0.3, 0.4) is 0 Å². The van der Waals surface area contributed by atoms with Crippen LogP contribution in [-0.2, 0) is 7.05 Å². The van der Waals surface area contributed by atoms with Crippen LogP contribution in [0.4, 0.5) is 11.5 Å². The van der Waals surface area contributed by atoms with E-state index in [4.69, 9.17) is 0 Å². The molecule has 0 saturated carbocycles. The molecule has 0 spiro atoms. The molecule has 8 heteroatoms. The molecule has 110 valence electrons. The fourth-order valence-electron chi connectivity index (χ4n) is 2.70. The molecular weight excluding hydrogens is 272 g/mol. The minimum Gasteiger partial charge on any atom is -0.357 e. The fourth-order valence-corrected chi connectivity index (χ4v) is 2.70. The highest BCUT2D eigenvalue weighted by Gasteiger charge is 2.24. The first-order valence-electron chi connectivity index (χ1n) is 6.84. The number of aromatic nitrogens is 4. The molecule has 21 heavy (non-hydrogen) atoms. The van der Waals surface area contributed by atoms with Gasteiger partial charge in [-0.25, -0.2) is 4.98 Å². The first-order chi connectivity index (χ1) is 10.1. The lowest BCUT2D eigenvalue weighted by Crippen LogP contribution is -2.34. The second kappa shape index (κ2) is 5.47. The quantitative estimate of drug-likeness (QED) is 0.628. The van der Waals surface area contributed by atoms with Crippen molar-refractivity contribution in [2.45, 2.75) is 18.8 Å². The smallest absolute Gasteiger partial charge is 0.287 e. The third-order valence-corrected chi connectivity index (χ3v) is 3.87. The van der Waals surface area contributed by atoms with E-state index >= 15 is 0 Å². The van der Waals surface area contributed by atoms with Crippen LogP contribution >= 0.6 is 0 Å². The Morgan fingerprint density at radius 3 is 2.62 bits per heavy atom. The maximum Gasteiger partial charge on any atom is 0.287 e. The largest absolute Gasteiger partial charge is 0.357 e.